The maximum absolute atomic E-state index is 13.0. The molecule has 0 N–H and O–H groups in total. The lowest BCUT2D eigenvalue weighted by Crippen LogP contribution is -2.42. The summed E-state index contributed by atoms with van der Waals surface area (Å²) >= 11 is 0. The van der Waals surface area contributed by atoms with Crippen LogP contribution in [-0.4, -0.2) is 46.3 Å². The fourth-order valence-electron chi connectivity index (χ4n) is 3.67. The normalized spacial score (nSPS) is 14.6. The van der Waals surface area contributed by atoms with E-state index in [0.29, 0.717) is 42.9 Å². The minimum atomic E-state index is -0.272. The minimum absolute atomic E-state index is 0.00339. The van der Waals surface area contributed by atoms with Crippen molar-refractivity contribution in [2.45, 2.75) is 32.4 Å². The van der Waals surface area contributed by atoms with Gasteiger partial charge in [0.05, 0.1) is 30.4 Å². The molecule has 1 aliphatic rings. The van der Waals surface area contributed by atoms with E-state index in [-0.39, 0.29) is 17.8 Å². The lowest BCUT2D eigenvalue weighted by atomic mass is 10.1. The Labute approximate surface area is 174 Å². The van der Waals surface area contributed by atoms with Gasteiger partial charge in [-0.1, -0.05) is 30.3 Å². The van der Waals surface area contributed by atoms with Gasteiger partial charge in [-0.25, -0.2) is 9.78 Å². The molecule has 156 valence electrons. The Morgan fingerprint density at radius 1 is 1.13 bits per heavy atom. The number of likely N-dealkylation sites (tertiary alicyclic amines) is 1. The van der Waals surface area contributed by atoms with Gasteiger partial charge < -0.3 is 14.4 Å². The van der Waals surface area contributed by atoms with Gasteiger partial charge in [0.2, 0.25) is 0 Å². The number of amides is 1. The smallest absolute Gasteiger partial charge is 0.409 e. The molecule has 7 nitrogen and oxygen atoms in total. The zero-order valence-electron chi connectivity index (χ0n) is 17.0. The van der Waals surface area contributed by atoms with Crippen LogP contribution in [0.25, 0.3) is 10.9 Å². The fourth-order valence-corrected chi connectivity index (χ4v) is 3.67. The number of hydrogen-bond donors (Lipinski definition) is 0. The molecule has 1 aromatic heterocycles. The van der Waals surface area contributed by atoms with Gasteiger partial charge in [0.15, 0.2) is 0 Å². The summed E-state index contributed by atoms with van der Waals surface area (Å²) in [5.74, 6) is 0.647. The number of hydrogen-bond acceptors (Lipinski definition) is 5. The van der Waals surface area contributed by atoms with Crippen LogP contribution < -0.4 is 10.3 Å². The third-order valence-corrected chi connectivity index (χ3v) is 5.26. The molecule has 0 aliphatic carbocycles. The van der Waals surface area contributed by atoms with E-state index in [1.165, 1.54) is 0 Å². The molecule has 0 bridgehead atoms. The highest BCUT2D eigenvalue weighted by Gasteiger charge is 2.24. The largest absolute Gasteiger partial charge is 0.490 e. The molecule has 3 aromatic rings. The summed E-state index contributed by atoms with van der Waals surface area (Å²) in [5.41, 5.74) is 1.60. The number of aromatic nitrogens is 2. The molecule has 2 aromatic carbocycles. The molecule has 1 aliphatic heterocycles. The van der Waals surface area contributed by atoms with Crippen molar-refractivity contribution in [1.82, 2.24) is 14.5 Å². The Bertz CT molecular complexity index is 1070. The van der Waals surface area contributed by atoms with Gasteiger partial charge in [-0.2, -0.15) is 0 Å². The van der Waals surface area contributed by atoms with Crippen molar-refractivity contribution in [1.29, 1.82) is 0 Å². The average Bonchev–Trinajstić information content (AvgIpc) is 2.77. The summed E-state index contributed by atoms with van der Waals surface area (Å²) in [6, 6.07) is 15.2. The molecule has 1 fully saturated rings. The molecular weight excluding hydrogens is 382 g/mol. The molecule has 0 spiro atoms. The predicted octanol–water partition coefficient (Wildman–Crippen LogP) is 3.44. The Balaban J connectivity index is 1.47. The summed E-state index contributed by atoms with van der Waals surface area (Å²) in [7, 11) is 0. The highest BCUT2D eigenvalue weighted by Crippen LogP contribution is 2.22. The lowest BCUT2D eigenvalue weighted by molar-refractivity contribution is 0.0704. The monoisotopic (exact) mass is 407 g/mol. The van der Waals surface area contributed by atoms with E-state index in [9.17, 15) is 9.59 Å². The second kappa shape index (κ2) is 8.98. The van der Waals surface area contributed by atoms with Crippen LogP contribution in [0, 0.1) is 0 Å². The number of nitrogens with zero attached hydrogens (tertiary/aromatic N) is 3. The van der Waals surface area contributed by atoms with Crippen molar-refractivity contribution in [3.05, 3.63) is 70.8 Å². The Morgan fingerprint density at radius 2 is 1.90 bits per heavy atom. The number of ether oxygens (including phenoxy) is 2. The summed E-state index contributed by atoms with van der Waals surface area (Å²) in [6.45, 7) is 3.85. The summed E-state index contributed by atoms with van der Waals surface area (Å²) in [4.78, 5) is 30.9. The van der Waals surface area contributed by atoms with Crippen molar-refractivity contribution in [2.75, 3.05) is 19.7 Å². The highest BCUT2D eigenvalue weighted by atomic mass is 16.6. The van der Waals surface area contributed by atoms with Gasteiger partial charge in [0, 0.05) is 25.9 Å². The van der Waals surface area contributed by atoms with Crippen molar-refractivity contribution in [3.63, 3.8) is 0 Å². The van der Waals surface area contributed by atoms with E-state index < -0.39 is 0 Å². The molecule has 0 atom stereocenters. The molecule has 4 rings (SSSR count). The zero-order chi connectivity index (χ0) is 20.9. The molecule has 0 unspecified atom stereocenters. The topological polar surface area (TPSA) is 73.7 Å². The molecular formula is C23H25N3O4. The van der Waals surface area contributed by atoms with Crippen molar-refractivity contribution >= 4 is 17.0 Å². The van der Waals surface area contributed by atoms with Crippen molar-refractivity contribution in [2.24, 2.45) is 0 Å². The molecule has 0 radical (unpaired) electrons. The van der Waals surface area contributed by atoms with Crippen LogP contribution in [0.1, 0.15) is 25.3 Å². The molecule has 0 saturated carbocycles. The summed E-state index contributed by atoms with van der Waals surface area (Å²) in [5, 5.41) is 0.537. The second-order valence-corrected chi connectivity index (χ2v) is 7.35. The third-order valence-electron chi connectivity index (χ3n) is 5.26. The SMILES string of the molecule is CCOC(=O)N1CCC(Oc2ccc3ncn(Cc4ccccc4)c(=O)c3c2)CC1. The Hall–Kier alpha value is -3.35. The van der Waals surface area contributed by atoms with E-state index in [1.807, 2.05) is 42.5 Å². The number of fused-ring (bicyclic) bond motifs is 1. The lowest BCUT2D eigenvalue weighted by Gasteiger charge is -2.31. The first-order valence-electron chi connectivity index (χ1n) is 10.3. The molecule has 1 amide bonds. The van der Waals surface area contributed by atoms with E-state index in [2.05, 4.69) is 4.98 Å². The summed E-state index contributed by atoms with van der Waals surface area (Å²) in [6.07, 6.45) is 2.76. The Kier molecular flexibility index (Phi) is 5.97. The van der Waals surface area contributed by atoms with E-state index in [0.717, 1.165) is 18.4 Å². The van der Waals surface area contributed by atoms with Crippen LogP contribution in [-0.2, 0) is 11.3 Å². The van der Waals surface area contributed by atoms with E-state index in [1.54, 1.807) is 28.8 Å². The van der Waals surface area contributed by atoms with Crippen LogP contribution in [0.15, 0.2) is 59.7 Å². The van der Waals surface area contributed by atoms with Crippen LogP contribution in [0.4, 0.5) is 4.79 Å². The minimum Gasteiger partial charge on any atom is -0.490 e. The van der Waals surface area contributed by atoms with Gasteiger partial charge in [-0.15, -0.1) is 0 Å². The van der Waals surface area contributed by atoms with Gasteiger partial charge in [-0.3, -0.25) is 9.36 Å². The van der Waals surface area contributed by atoms with Gasteiger partial charge in [0.25, 0.3) is 5.56 Å². The van der Waals surface area contributed by atoms with Gasteiger partial charge in [-0.05, 0) is 30.7 Å². The predicted molar refractivity (Wildman–Crippen MR) is 114 cm³/mol. The highest BCUT2D eigenvalue weighted by molar-refractivity contribution is 5.79. The average molecular weight is 407 g/mol. The molecule has 30 heavy (non-hydrogen) atoms. The molecule has 1 saturated heterocycles. The van der Waals surface area contributed by atoms with Gasteiger partial charge >= 0.3 is 6.09 Å². The Morgan fingerprint density at radius 3 is 2.63 bits per heavy atom. The van der Waals surface area contributed by atoms with Crippen LogP contribution >= 0.6 is 0 Å². The molecule has 2 heterocycles. The first kappa shape index (κ1) is 19.9. The van der Waals surface area contributed by atoms with E-state index >= 15 is 0 Å². The standard InChI is InChI=1S/C23H25N3O4/c1-2-29-23(28)25-12-10-18(11-13-25)30-19-8-9-21-20(14-19)22(27)26(16-24-21)15-17-6-4-3-5-7-17/h3-9,14,16,18H,2,10-13,15H2,1H3. The van der Waals surface area contributed by atoms with Crippen LogP contribution in [0.3, 0.4) is 0 Å². The zero-order valence-corrected chi connectivity index (χ0v) is 17.0. The molecule has 7 heteroatoms. The number of piperidine rings is 1. The van der Waals surface area contributed by atoms with Crippen molar-refractivity contribution in [3.8, 4) is 5.75 Å². The number of benzene rings is 2. The van der Waals surface area contributed by atoms with Gasteiger partial charge in [0.1, 0.15) is 11.9 Å². The van der Waals surface area contributed by atoms with Crippen molar-refractivity contribution < 1.29 is 14.3 Å². The van der Waals surface area contributed by atoms with E-state index in [4.69, 9.17) is 9.47 Å². The third kappa shape index (κ3) is 4.45. The fraction of sp³-hybridized carbons (Fsp3) is 0.348. The maximum Gasteiger partial charge on any atom is 0.409 e. The number of carbonyl (C=O) groups excluding carboxylic acids is 1. The summed E-state index contributed by atoms with van der Waals surface area (Å²) < 4.78 is 12.8. The first-order chi connectivity index (χ1) is 14.6. The quantitative estimate of drug-likeness (QED) is 0.648. The second-order valence-electron chi connectivity index (χ2n) is 7.35. The first-order valence-corrected chi connectivity index (χ1v) is 10.3. The number of rotatable bonds is 5. The van der Waals surface area contributed by atoms with Crippen LogP contribution in [0.5, 0.6) is 5.75 Å². The maximum atomic E-state index is 13.0. The van der Waals surface area contributed by atoms with Crippen LogP contribution in [0.2, 0.25) is 0 Å². The number of carbonyl (C=O) groups is 1.